The van der Waals surface area contributed by atoms with Crippen LogP contribution in [0.4, 0.5) is 0 Å². The van der Waals surface area contributed by atoms with Gasteiger partial charge in [0.1, 0.15) is 18.5 Å². The molecule has 1 N–H and O–H groups in total. The summed E-state index contributed by atoms with van der Waals surface area (Å²) in [5, 5.41) is 19.3. The summed E-state index contributed by atoms with van der Waals surface area (Å²) in [6.07, 6.45) is 0.252. The summed E-state index contributed by atoms with van der Waals surface area (Å²) in [6.45, 7) is 4.21. The van der Waals surface area contributed by atoms with Crippen LogP contribution in [0, 0.1) is 11.3 Å². The Balaban J connectivity index is 1.90. The Hall–Kier alpha value is -2.39. The van der Waals surface area contributed by atoms with Crippen molar-refractivity contribution in [3.8, 4) is 11.8 Å². The van der Waals surface area contributed by atoms with Gasteiger partial charge in [-0.3, -0.25) is 4.90 Å². The second kappa shape index (κ2) is 11.3. The highest BCUT2D eigenvalue weighted by atomic mass is 16.5. The molecule has 0 spiro atoms. The number of methoxy groups -OCH3 is 1. The van der Waals surface area contributed by atoms with E-state index in [0.717, 1.165) is 13.0 Å². The van der Waals surface area contributed by atoms with Crippen molar-refractivity contribution in [2.24, 2.45) is 0 Å². The van der Waals surface area contributed by atoms with Crippen molar-refractivity contribution in [3.63, 3.8) is 0 Å². The average molecular weight is 368 g/mol. The molecule has 27 heavy (non-hydrogen) atoms. The van der Waals surface area contributed by atoms with Crippen LogP contribution in [0.15, 0.2) is 54.6 Å². The Morgan fingerprint density at radius 2 is 1.78 bits per heavy atom. The van der Waals surface area contributed by atoms with E-state index in [1.165, 1.54) is 5.56 Å². The van der Waals surface area contributed by atoms with Gasteiger partial charge in [-0.15, -0.1) is 0 Å². The quantitative estimate of drug-likeness (QED) is 0.661. The predicted molar refractivity (Wildman–Crippen MR) is 106 cm³/mol. The molecule has 5 nitrogen and oxygen atoms in total. The molecule has 0 amide bonds. The molecule has 144 valence electrons. The summed E-state index contributed by atoms with van der Waals surface area (Å²) in [5.74, 6) is 0.647. The summed E-state index contributed by atoms with van der Waals surface area (Å²) < 4.78 is 11.1. The molecule has 2 atom stereocenters. The van der Waals surface area contributed by atoms with Crippen LogP contribution in [0.2, 0.25) is 0 Å². The molecule has 2 unspecified atom stereocenters. The third-order valence-electron chi connectivity index (χ3n) is 4.47. The molecule has 0 fully saturated rings. The van der Waals surface area contributed by atoms with E-state index in [2.05, 4.69) is 30.0 Å². The summed E-state index contributed by atoms with van der Waals surface area (Å²) in [7, 11) is 1.70. The molecular formula is C22H28N2O3. The Morgan fingerprint density at radius 1 is 1.07 bits per heavy atom. The minimum absolute atomic E-state index is 0.187. The normalized spacial score (nSPS) is 13.1. The fourth-order valence-corrected chi connectivity index (χ4v) is 3.05. The molecule has 0 heterocycles. The summed E-state index contributed by atoms with van der Waals surface area (Å²) >= 11 is 0. The van der Waals surface area contributed by atoms with E-state index in [0.29, 0.717) is 24.5 Å². The Morgan fingerprint density at radius 3 is 2.37 bits per heavy atom. The molecule has 5 heteroatoms. The zero-order chi connectivity index (χ0) is 19.5. The van der Waals surface area contributed by atoms with Crippen LogP contribution >= 0.6 is 0 Å². The van der Waals surface area contributed by atoms with Gasteiger partial charge in [-0.05, 0) is 42.8 Å². The van der Waals surface area contributed by atoms with Crippen molar-refractivity contribution >= 4 is 0 Å². The van der Waals surface area contributed by atoms with Crippen LogP contribution in [0.1, 0.15) is 18.1 Å². The summed E-state index contributed by atoms with van der Waals surface area (Å²) in [4.78, 5) is 2.23. The van der Waals surface area contributed by atoms with Crippen LogP contribution < -0.4 is 4.74 Å². The minimum atomic E-state index is -0.615. The number of ether oxygens (including phenoxy) is 2. The molecule has 0 saturated heterocycles. The molecule has 2 aromatic rings. The van der Waals surface area contributed by atoms with E-state index in [9.17, 15) is 5.11 Å². The molecule has 2 aromatic carbocycles. The molecule has 0 aromatic heterocycles. The third-order valence-corrected chi connectivity index (χ3v) is 4.47. The number of aliphatic hydroxyl groups excluding tert-OH is 1. The number of nitriles is 1. The topological polar surface area (TPSA) is 65.7 Å². The smallest absolute Gasteiger partial charge is 0.119 e. The van der Waals surface area contributed by atoms with Crippen molar-refractivity contribution in [3.05, 3.63) is 65.7 Å². The second-order valence-electron chi connectivity index (χ2n) is 6.49. The first-order chi connectivity index (χ1) is 13.2. The van der Waals surface area contributed by atoms with E-state index in [1.54, 1.807) is 31.4 Å². The molecule has 0 aliphatic heterocycles. The van der Waals surface area contributed by atoms with Crippen LogP contribution in [0.5, 0.6) is 5.75 Å². The number of nitrogens with zero attached hydrogens (tertiary/aromatic N) is 2. The maximum absolute atomic E-state index is 10.4. The van der Waals surface area contributed by atoms with Gasteiger partial charge in [0.25, 0.3) is 0 Å². The molecule has 0 aliphatic rings. The standard InChI is InChI=1S/C22H28N2O3/c1-3-24(20(16-26-2)13-18-7-5-4-6-8-18)15-21(25)17-27-22-11-9-19(14-23)10-12-22/h4-12,20-21,25H,3,13,15-17H2,1-2H3. The number of hydrogen-bond donors (Lipinski definition) is 1. The average Bonchev–Trinajstić information content (AvgIpc) is 2.71. The highest BCUT2D eigenvalue weighted by Crippen LogP contribution is 2.13. The van der Waals surface area contributed by atoms with E-state index in [-0.39, 0.29) is 12.6 Å². The lowest BCUT2D eigenvalue weighted by molar-refractivity contribution is 0.0318. The van der Waals surface area contributed by atoms with E-state index in [4.69, 9.17) is 14.7 Å². The molecular weight excluding hydrogens is 340 g/mol. The number of aliphatic hydroxyl groups is 1. The monoisotopic (exact) mass is 368 g/mol. The largest absolute Gasteiger partial charge is 0.491 e. The molecule has 0 radical (unpaired) electrons. The van der Waals surface area contributed by atoms with Crippen LogP contribution in [-0.4, -0.2) is 55.6 Å². The molecule has 2 rings (SSSR count). The minimum Gasteiger partial charge on any atom is -0.491 e. The first-order valence-corrected chi connectivity index (χ1v) is 9.24. The lowest BCUT2D eigenvalue weighted by Gasteiger charge is -2.32. The maximum atomic E-state index is 10.4. The van der Waals surface area contributed by atoms with Gasteiger partial charge in [-0.1, -0.05) is 37.3 Å². The molecule has 0 bridgehead atoms. The van der Waals surface area contributed by atoms with Crippen LogP contribution in [0.25, 0.3) is 0 Å². The Labute approximate surface area is 161 Å². The third kappa shape index (κ3) is 7.03. The zero-order valence-corrected chi connectivity index (χ0v) is 16.0. The zero-order valence-electron chi connectivity index (χ0n) is 16.0. The summed E-state index contributed by atoms with van der Waals surface area (Å²) in [6, 6.07) is 19.5. The van der Waals surface area contributed by atoms with Gasteiger partial charge in [-0.2, -0.15) is 5.26 Å². The van der Waals surface area contributed by atoms with Gasteiger partial charge in [-0.25, -0.2) is 0 Å². The highest BCUT2D eigenvalue weighted by molar-refractivity contribution is 5.34. The van der Waals surface area contributed by atoms with Crippen molar-refractivity contribution < 1.29 is 14.6 Å². The van der Waals surface area contributed by atoms with E-state index in [1.807, 2.05) is 18.2 Å². The molecule has 0 aliphatic carbocycles. The lowest BCUT2D eigenvalue weighted by atomic mass is 10.0. The van der Waals surface area contributed by atoms with Crippen LogP contribution in [0.3, 0.4) is 0 Å². The maximum Gasteiger partial charge on any atom is 0.119 e. The number of likely N-dealkylation sites (N-methyl/N-ethyl adjacent to an activating group) is 1. The molecule has 0 saturated carbocycles. The van der Waals surface area contributed by atoms with Crippen LogP contribution in [-0.2, 0) is 11.2 Å². The first kappa shape index (κ1) is 20.9. The number of rotatable bonds is 11. The van der Waals surface area contributed by atoms with Gasteiger partial charge >= 0.3 is 0 Å². The lowest BCUT2D eigenvalue weighted by Crippen LogP contribution is -2.45. The Kier molecular flexibility index (Phi) is 8.79. The second-order valence-corrected chi connectivity index (χ2v) is 6.49. The predicted octanol–water partition coefficient (Wildman–Crippen LogP) is 2.88. The first-order valence-electron chi connectivity index (χ1n) is 9.24. The van der Waals surface area contributed by atoms with E-state index < -0.39 is 6.10 Å². The Bertz CT molecular complexity index is 698. The number of hydrogen-bond acceptors (Lipinski definition) is 5. The van der Waals surface area contributed by atoms with Gasteiger partial charge in [0.2, 0.25) is 0 Å². The van der Waals surface area contributed by atoms with Gasteiger partial charge < -0.3 is 14.6 Å². The van der Waals surface area contributed by atoms with Crippen molar-refractivity contribution in [1.29, 1.82) is 5.26 Å². The van der Waals surface area contributed by atoms with Crippen molar-refractivity contribution in [2.45, 2.75) is 25.5 Å². The fraction of sp³-hybridized carbons (Fsp3) is 0.409. The van der Waals surface area contributed by atoms with Gasteiger partial charge in [0.05, 0.1) is 18.2 Å². The SMILES string of the molecule is CCN(CC(O)COc1ccc(C#N)cc1)C(COC)Cc1ccccc1. The summed E-state index contributed by atoms with van der Waals surface area (Å²) in [5.41, 5.74) is 1.84. The van der Waals surface area contributed by atoms with Gasteiger partial charge in [0.15, 0.2) is 0 Å². The van der Waals surface area contributed by atoms with E-state index >= 15 is 0 Å². The fourth-order valence-electron chi connectivity index (χ4n) is 3.05. The highest BCUT2D eigenvalue weighted by Gasteiger charge is 2.21. The number of benzene rings is 2. The van der Waals surface area contributed by atoms with Gasteiger partial charge in [0, 0.05) is 19.7 Å². The van der Waals surface area contributed by atoms with Crippen molar-refractivity contribution in [2.75, 3.05) is 33.4 Å². The van der Waals surface area contributed by atoms with Crippen molar-refractivity contribution in [1.82, 2.24) is 4.90 Å².